The van der Waals surface area contributed by atoms with Crippen LogP contribution in [-0.4, -0.2) is 26.8 Å². The van der Waals surface area contributed by atoms with Crippen LogP contribution in [0.3, 0.4) is 0 Å². The molecule has 0 aliphatic rings. The largest absolute Gasteiger partial charge is 0.481 e. The van der Waals surface area contributed by atoms with Gasteiger partial charge in [0.2, 0.25) is 0 Å². The molecule has 96 valence electrons. The van der Waals surface area contributed by atoms with E-state index < -0.39 is 5.97 Å². The summed E-state index contributed by atoms with van der Waals surface area (Å²) in [6.07, 6.45) is 1.89. The van der Waals surface area contributed by atoms with E-state index in [2.05, 4.69) is 29.0 Å². The van der Waals surface area contributed by atoms with Crippen LogP contribution >= 0.6 is 11.8 Å². The van der Waals surface area contributed by atoms with Crippen LogP contribution in [0.5, 0.6) is 0 Å². The van der Waals surface area contributed by atoms with Gasteiger partial charge in [0.05, 0.1) is 11.0 Å². The summed E-state index contributed by atoms with van der Waals surface area (Å²) in [6.45, 7) is 2.12. The topological polar surface area (TPSA) is 66.0 Å². The average molecular weight is 264 g/mol. The molecule has 0 fully saturated rings. The molecule has 1 aromatic heterocycles. The zero-order valence-electron chi connectivity index (χ0n) is 10.3. The van der Waals surface area contributed by atoms with Crippen molar-refractivity contribution in [2.24, 2.45) is 0 Å². The maximum Gasteiger partial charge on any atom is 0.303 e. The Bertz CT molecular complexity index is 551. The van der Waals surface area contributed by atoms with Gasteiger partial charge in [0.15, 0.2) is 5.16 Å². The number of aromatic nitrogens is 2. The second-order valence-corrected chi connectivity index (χ2v) is 5.18. The number of imidazole rings is 1. The third-order valence-corrected chi connectivity index (χ3v) is 3.67. The molecule has 0 unspecified atom stereocenters. The molecule has 1 heterocycles. The quantitative estimate of drug-likeness (QED) is 0.621. The standard InChI is InChI=1S/C13H16N2O2S/c1-2-9-5-6-10-11(8-9)15-13(14-10)18-7-3-4-12(16)17/h5-6,8H,2-4,7H2,1H3,(H,14,15)(H,16,17). The van der Waals surface area contributed by atoms with Gasteiger partial charge in [-0.15, -0.1) is 0 Å². The van der Waals surface area contributed by atoms with E-state index in [-0.39, 0.29) is 6.42 Å². The number of carboxylic acids is 1. The number of benzene rings is 1. The highest BCUT2D eigenvalue weighted by molar-refractivity contribution is 7.99. The summed E-state index contributed by atoms with van der Waals surface area (Å²) in [7, 11) is 0. The number of nitrogens with zero attached hydrogens (tertiary/aromatic N) is 1. The maximum absolute atomic E-state index is 10.4. The number of carbonyl (C=O) groups is 1. The lowest BCUT2D eigenvalue weighted by atomic mass is 10.1. The monoisotopic (exact) mass is 264 g/mol. The lowest BCUT2D eigenvalue weighted by molar-refractivity contribution is -0.137. The van der Waals surface area contributed by atoms with Gasteiger partial charge in [-0.2, -0.15) is 0 Å². The van der Waals surface area contributed by atoms with Crippen molar-refractivity contribution >= 4 is 28.8 Å². The highest BCUT2D eigenvalue weighted by atomic mass is 32.2. The number of nitrogens with one attached hydrogen (secondary N) is 1. The van der Waals surface area contributed by atoms with Gasteiger partial charge in [-0.3, -0.25) is 4.79 Å². The molecule has 2 rings (SSSR count). The summed E-state index contributed by atoms with van der Waals surface area (Å²) in [6, 6.07) is 6.22. The van der Waals surface area contributed by atoms with Gasteiger partial charge in [0.25, 0.3) is 0 Å². The fraction of sp³-hybridized carbons (Fsp3) is 0.385. The first-order chi connectivity index (χ1) is 8.69. The van der Waals surface area contributed by atoms with Crippen molar-refractivity contribution in [3.63, 3.8) is 0 Å². The number of hydrogen-bond donors (Lipinski definition) is 2. The molecule has 0 radical (unpaired) electrons. The van der Waals surface area contributed by atoms with Gasteiger partial charge in [0.1, 0.15) is 0 Å². The number of aliphatic carboxylic acids is 1. The van der Waals surface area contributed by atoms with Crippen LogP contribution in [0.4, 0.5) is 0 Å². The van der Waals surface area contributed by atoms with Crippen molar-refractivity contribution in [2.75, 3.05) is 5.75 Å². The number of hydrogen-bond acceptors (Lipinski definition) is 3. The summed E-state index contributed by atoms with van der Waals surface area (Å²) in [5.74, 6) is 0.0278. The van der Waals surface area contributed by atoms with Gasteiger partial charge in [-0.1, -0.05) is 24.8 Å². The molecule has 1 aromatic carbocycles. The van der Waals surface area contributed by atoms with Crippen molar-refractivity contribution in [2.45, 2.75) is 31.3 Å². The van der Waals surface area contributed by atoms with Crippen LogP contribution in [0.2, 0.25) is 0 Å². The minimum Gasteiger partial charge on any atom is -0.481 e. The molecule has 0 amide bonds. The van der Waals surface area contributed by atoms with E-state index in [1.807, 2.05) is 6.07 Å². The highest BCUT2D eigenvalue weighted by Gasteiger charge is 2.04. The van der Waals surface area contributed by atoms with E-state index in [0.29, 0.717) is 6.42 Å². The van der Waals surface area contributed by atoms with Crippen LogP contribution in [-0.2, 0) is 11.2 Å². The number of thioether (sulfide) groups is 1. The molecule has 2 N–H and O–H groups in total. The summed E-state index contributed by atoms with van der Waals surface area (Å²) in [4.78, 5) is 18.1. The molecule has 0 saturated heterocycles. The SMILES string of the molecule is CCc1ccc2nc(SCCCC(=O)O)[nH]c2c1. The summed E-state index contributed by atoms with van der Waals surface area (Å²) >= 11 is 1.57. The van der Waals surface area contributed by atoms with Crippen LogP contribution in [0.25, 0.3) is 11.0 Å². The van der Waals surface area contributed by atoms with Crippen molar-refractivity contribution in [3.05, 3.63) is 23.8 Å². The minimum atomic E-state index is -0.743. The lowest BCUT2D eigenvalue weighted by Crippen LogP contribution is -1.94. The van der Waals surface area contributed by atoms with Crippen LogP contribution < -0.4 is 0 Å². The van der Waals surface area contributed by atoms with E-state index in [0.717, 1.165) is 28.4 Å². The Kier molecular flexibility index (Phi) is 4.25. The van der Waals surface area contributed by atoms with Gasteiger partial charge >= 0.3 is 5.97 Å². The zero-order valence-corrected chi connectivity index (χ0v) is 11.1. The molecule has 0 saturated carbocycles. The van der Waals surface area contributed by atoms with E-state index in [9.17, 15) is 4.79 Å². The molecular weight excluding hydrogens is 248 g/mol. The number of aryl methyl sites for hydroxylation is 1. The predicted molar refractivity (Wildman–Crippen MR) is 73.1 cm³/mol. The van der Waals surface area contributed by atoms with Crippen molar-refractivity contribution < 1.29 is 9.90 Å². The van der Waals surface area contributed by atoms with Gasteiger partial charge in [-0.25, -0.2) is 4.98 Å². The third-order valence-electron chi connectivity index (χ3n) is 2.71. The van der Waals surface area contributed by atoms with E-state index >= 15 is 0 Å². The number of fused-ring (bicyclic) bond motifs is 1. The van der Waals surface area contributed by atoms with Crippen LogP contribution in [0.15, 0.2) is 23.4 Å². The Morgan fingerprint density at radius 1 is 1.50 bits per heavy atom. The molecular formula is C13H16N2O2S. The normalized spacial score (nSPS) is 10.9. The molecule has 0 atom stereocenters. The second-order valence-electron chi connectivity index (χ2n) is 4.09. The van der Waals surface area contributed by atoms with Gasteiger partial charge in [-0.05, 0) is 30.5 Å². The molecule has 2 aromatic rings. The number of aromatic amines is 1. The summed E-state index contributed by atoms with van der Waals surface area (Å²) < 4.78 is 0. The lowest BCUT2D eigenvalue weighted by Gasteiger charge is -1.95. The Balaban J connectivity index is 1.99. The Morgan fingerprint density at radius 2 is 2.33 bits per heavy atom. The maximum atomic E-state index is 10.4. The first-order valence-corrected chi connectivity index (χ1v) is 7.01. The van der Waals surface area contributed by atoms with E-state index in [4.69, 9.17) is 5.11 Å². The number of carboxylic acid groups (broad SMARTS) is 1. The zero-order chi connectivity index (χ0) is 13.0. The molecule has 0 aliphatic carbocycles. The highest BCUT2D eigenvalue weighted by Crippen LogP contribution is 2.21. The fourth-order valence-electron chi connectivity index (χ4n) is 1.71. The summed E-state index contributed by atoms with van der Waals surface area (Å²) in [5.41, 5.74) is 3.30. The minimum absolute atomic E-state index is 0.215. The van der Waals surface area contributed by atoms with Crippen molar-refractivity contribution in [3.8, 4) is 0 Å². The molecule has 0 spiro atoms. The van der Waals surface area contributed by atoms with Crippen LogP contribution in [0, 0.1) is 0 Å². The smallest absolute Gasteiger partial charge is 0.303 e. The first-order valence-electron chi connectivity index (χ1n) is 6.02. The van der Waals surface area contributed by atoms with Gasteiger partial charge < -0.3 is 10.1 Å². The Hall–Kier alpha value is -1.49. The number of rotatable bonds is 6. The average Bonchev–Trinajstić information content (AvgIpc) is 2.75. The Morgan fingerprint density at radius 3 is 3.06 bits per heavy atom. The molecule has 0 aliphatic heterocycles. The Labute approximate surface area is 110 Å². The molecule has 4 nitrogen and oxygen atoms in total. The van der Waals surface area contributed by atoms with Gasteiger partial charge in [0, 0.05) is 12.2 Å². The van der Waals surface area contributed by atoms with E-state index in [1.54, 1.807) is 11.8 Å². The fourth-order valence-corrected chi connectivity index (χ4v) is 2.54. The predicted octanol–water partition coefficient (Wildman–Crippen LogP) is 3.08. The van der Waals surface area contributed by atoms with Crippen molar-refractivity contribution in [1.82, 2.24) is 9.97 Å². The third kappa shape index (κ3) is 3.26. The van der Waals surface area contributed by atoms with Crippen LogP contribution in [0.1, 0.15) is 25.3 Å². The molecule has 5 heteroatoms. The number of H-pyrrole nitrogens is 1. The molecule has 0 bridgehead atoms. The molecule has 18 heavy (non-hydrogen) atoms. The summed E-state index contributed by atoms with van der Waals surface area (Å²) in [5, 5.41) is 9.41. The first kappa shape index (κ1) is 13.0. The van der Waals surface area contributed by atoms with Crippen molar-refractivity contribution in [1.29, 1.82) is 0 Å². The van der Waals surface area contributed by atoms with E-state index in [1.165, 1.54) is 5.56 Å². The second kappa shape index (κ2) is 5.91.